The SMILES string of the molecule is COC(=O)C(N)CN(CC(F)(F)F)C1CC1. The minimum atomic E-state index is -4.27. The maximum atomic E-state index is 12.2. The average Bonchev–Trinajstić information content (AvgIpc) is 2.96. The number of esters is 1. The van der Waals surface area contributed by atoms with Crippen LogP contribution in [0.1, 0.15) is 12.8 Å². The molecule has 1 aliphatic carbocycles. The molecule has 0 saturated heterocycles. The second-order valence-electron chi connectivity index (χ2n) is 3.91. The van der Waals surface area contributed by atoms with Gasteiger partial charge in [0.2, 0.25) is 0 Å². The third kappa shape index (κ3) is 4.36. The topological polar surface area (TPSA) is 55.6 Å². The Kier molecular flexibility index (Phi) is 4.15. The Balaban J connectivity index is 2.48. The van der Waals surface area contributed by atoms with Crippen LogP contribution in [0.5, 0.6) is 0 Å². The van der Waals surface area contributed by atoms with Crippen molar-refractivity contribution >= 4 is 5.97 Å². The van der Waals surface area contributed by atoms with Crippen molar-refractivity contribution in [2.24, 2.45) is 5.73 Å². The number of carbonyl (C=O) groups is 1. The summed E-state index contributed by atoms with van der Waals surface area (Å²) in [5.74, 6) is -0.687. The number of hydrogen-bond acceptors (Lipinski definition) is 4. The van der Waals surface area contributed by atoms with E-state index in [9.17, 15) is 18.0 Å². The van der Waals surface area contributed by atoms with Crippen LogP contribution >= 0.6 is 0 Å². The van der Waals surface area contributed by atoms with Gasteiger partial charge in [0.25, 0.3) is 0 Å². The minimum absolute atomic E-state index is 0.0997. The second kappa shape index (κ2) is 5.01. The summed E-state index contributed by atoms with van der Waals surface area (Å²) in [6.07, 6.45) is -2.81. The van der Waals surface area contributed by atoms with Crippen LogP contribution in [0.3, 0.4) is 0 Å². The molecule has 1 aliphatic rings. The van der Waals surface area contributed by atoms with E-state index in [-0.39, 0.29) is 12.6 Å². The van der Waals surface area contributed by atoms with E-state index in [4.69, 9.17) is 5.73 Å². The Morgan fingerprint density at radius 3 is 2.50 bits per heavy atom. The molecule has 1 atom stereocenters. The van der Waals surface area contributed by atoms with Crippen molar-refractivity contribution in [1.82, 2.24) is 4.90 Å². The smallest absolute Gasteiger partial charge is 0.401 e. The van der Waals surface area contributed by atoms with Gasteiger partial charge in [0.05, 0.1) is 13.7 Å². The molecule has 0 amide bonds. The van der Waals surface area contributed by atoms with Crippen LogP contribution in [0.15, 0.2) is 0 Å². The summed E-state index contributed by atoms with van der Waals surface area (Å²) in [4.78, 5) is 12.2. The summed E-state index contributed by atoms with van der Waals surface area (Å²) >= 11 is 0. The van der Waals surface area contributed by atoms with Crippen molar-refractivity contribution < 1.29 is 22.7 Å². The fraction of sp³-hybridized carbons (Fsp3) is 0.889. The van der Waals surface area contributed by atoms with Crippen LogP contribution in [0.4, 0.5) is 13.2 Å². The number of rotatable bonds is 5. The quantitative estimate of drug-likeness (QED) is 0.711. The van der Waals surface area contributed by atoms with Gasteiger partial charge in [-0.2, -0.15) is 13.2 Å². The lowest BCUT2D eigenvalue weighted by Gasteiger charge is -2.25. The van der Waals surface area contributed by atoms with Gasteiger partial charge in [0.1, 0.15) is 6.04 Å². The van der Waals surface area contributed by atoms with Crippen LogP contribution in [0.2, 0.25) is 0 Å². The molecule has 1 saturated carbocycles. The van der Waals surface area contributed by atoms with Gasteiger partial charge in [-0.1, -0.05) is 0 Å². The summed E-state index contributed by atoms with van der Waals surface area (Å²) in [6.45, 7) is -1.14. The molecule has 1 fully saturated rings. The number of nitrogens with zero attached hydrogens (tertiary/aromatic N) is 1. The van der Waals surface area contributed by atoms with E-state index in [2.05, 4.69) is 4.74 Å². The molecule has 16 heavy (non-hydrogen) atoms. The maximum Gasteiger partial charge on any atom is 0.401 e. The lowest BCUT2D eigenvalue weighted by Crippen LogP contribution is -2.47. The summed E-state index contributed by atoms with van der Waals surface area (Å²) < 4.78 is 41.1. The summed E-state index contributed by atoms with van der Waals surface area (Å²) in [6, 6.07) is -1.12. The van der Waals surface area contributed by atoms with Crippen LogP contribution in [-0.2, 0) is 9.53 Å². The van der Waals surface area contributed by atoms with E-state index < -0.39 is 24.7 Å². The number of methoxy groups -OCH3 is 1. The van der Waals surface area contributed by atoms with E-state index in [0.717, 1.165) is 20.0 Å². The van der Waals surface area contributed by atoms with Gasteiger partial charge < -0.3 is 10.5 Å². The zero-order valence-electron chi connectivity index (χ0n) is 8.96. The molecule has 1 unspecified atom stereocenters. The normalized spacial score (nSPS) is 18.6. The van der Waals surface area contributed by atoms with E-state index in [0.29, 0.717) is 0 Å². The Morgan fingerprint density at radius 2 is 2.12 bits per heavy atom. The minimum Gasteiger partial charge on any atom is -0.468 e. The van der Waals surface area contributed by atoms with Crippen LogP contribution in [0.25, 0.3) is 0 Å². The maximum absolute atomic E-state index is 12.2. The van der Waals surface area contributed by atoms with Gasteiger partial charge >= 0.3 is 12.1 Å². The third-order valence-electron chi connectivity index (χ3n) is 2.38. The molecule has 0 bridgehead atoms. The average molecular weight is 240 g/mol. The van der Waals surface area contributed by atoms with Gasteiger partial charge in [-0.05, 0) is 12.8 Å². The first-order valence-corrected chi connectivity index (χ1v) is 4.97. The van der Waals surface area contributed by atoms with Gasteiger partial charge in [-0.25, -0.2) is 0 Å². The van der Waals surface area contributed by atoms with Crippen molar-refractivity contribution in [1.29, 1.82) is 0 Å². The first-order chi connectivity index (χ1) is 7.33. The molecule has 0 heterocycles. The molecule has 7 heteroatoms. The zero-order chi connectivity index (χ0) is 12.3. The zero-order valence-corrected chi connectivity index (χ0v) is 8.96. The van der Waals surface area contributed by atoms with E-state index in [1.807, 2.05) is 0 Å². The van der Waals surface area contributed by atoms with Crippen LogP contribution in [0, 0.1) is 0 Å². The van der Waals surface area contributed by atoms with E-state index in [1.54, 1.807) is 0 Å². The molecule has 2 N–H and O–H groups in total. The number of alkyl halides is 3. The molecule has 94 valence electrons. The fourth-order valence-corrected chi connectivity index (χ4v) is 1.49. The van der Waals surface area contributed by atoms with E-state index >= 15 is 0 Å². The first-order valence-electron chi connectivity index (χ1n) is 4.97. The predicted octanol–water partition coefficient (Wildman–Crippen LogP) is 0.513. The highest BCUT2D eigenvalue weighted by Gasteiger charge is 2.39. The number of nitrogens with two attached hydrogens (primary N) is 1. The molecular formula is C9H15F3N2O2. The van der Waals surface area contributed by atoms with Gasteiger partial charge in [0, 0.05) is 12.6 Å². The van der Waals surface area contributed by atoms with Crippen molar-refractivity contribution in [3.63, 3.8) is 0 Å². The standard InChI is InChI=1S/C9H15F3N2O2/c1-16-8(15)7(13)4-14(6-2-3-6)5-9(10,11)12/h6-7H,2-5,13H2,1H3. The largest absolute Gasteiger partial charge is 0.468 e. The van der Waals surface area contributed by atoms with Crippen molar-refractivity contribution in [2.45, 2.75) is 31.1 Å². The van der Waals surface area contributed by atoms with E-state index in [1.165, 1.54) is 4.90 Å². The Hall–Kier alpha value is -0.820. The predicted molar refractivity (Wildman–Crippen MR) is 50.6 cm³/mol. The summed E-state index contributed by atoms with van der Waals surface area (Å²) in [5.41, 5.74) is 5.43. The fourth-order valence-electron chi connectivity index (χ4n) is 1.49. The van der Waals surface area contributed by atoms with Gasteiger partial charge in [-0.3, -0.25) is 9.69 Å². The highest BCUT2D eigenvalue weighted by molar-refractivity contribution is 5.75. The molecule has 0 spiro atoms. The van der Waals surface area contributed by atoms with Gasteiger partial charge in [-0.15, -0.1) is 0 Å². The summed E-state index contributed by atoms with van der Waals surface area (Å²) in [7, 11) is 1.16. The second-order valence-corrected chi connectivity index (χ2v) is 3.91. The third-order valence-corrected chi connectivity index (χ3v) is 2.38. The lowest BCUT2D eigenvalue weighted by atomic mass is 10.3. The number of halogens is 3. The Morgan fingerprint density at radius 1 is 1.56 bits per heavy atom. The highest BCUT2D eigenvalue weighted by Crippen LogP contribution is 2.29. The first kappa shape index (κ1) is 13.2. The molecule has 4 nitrogen and oxygen atoms in total. The molecule has 0 aromatic rings. The monoisotopic (exact) mass is 240 g/mol. The molecule has 0 radical (unpaired) electrons. The summed E-state index contributed by atoms with van der Waals surface area (Å²) in [5, 5.41) is 0. The lowest BCUT2D eigenvalue weighted by molar-refractivity contribution is -0.153. The molecular weight excluding hydrogens is 225 g/mol. The number of hydrogen-bond donors (Lipinski definition) is 1. The van der Waals surface area contributed by atoms with Crippen molar-refractivity contribution in [3.8, 4) is 0 Å². The van der Waals surface area contributed by atoms with Crippen molar-refractivity contribution in [2.75, 3.05) is 20.2 Å². The van der Waals surface area contributed by atoms with Gasteiger partial charge in [0.15, 0.2) is 0 Å². The molecule has 0 aromatic heterocycles. The molecule has 0 aromatic carbocycles. The molecule has 0 aliphatic heterocycles. The van der Waals surface area contributed by atoms with Crippen molar-refractivity contribution in [3.05, 3.63) is 0 Å². The molecule has 1 rings (SSSR count). The van der Waals surface area contributed by atoms with Crippen LogP contribution < -0.4 is 5.73 Å². The van der Waals surface area contributed by atoms with Crippen LogP contribution in [-0.4, -0.2) is 49.3 Å². The Labute approximate surface area is 91.5 Å². The number of carbonyl (C=O) groups excluding carboxylic acids is 1. The number of ether oxygens (including phenoxy) is 1. The highest BCUT2D eigenvalue weighted by atomic mass is 19.4. The Bertz CT molecular complexity index is 254.